The van der Waals surface area contributed by atoms with E-state index in [0.29, 0.717) is 27.4 Å². The molecule has 1 atom stereocenters. The number of aliphatic hydroxyl groups is 1. The minimum atomic E-state index is -0.794. The van der Waals surface area contributed by atoms with E-state index in [0.717, 1.165) is 5.56 Å². The summed E-state index contributed by atoms with van der Waals surface area (Å²) in [5.74, 6) is -1.41. The zero-order chi connectivity index (χ0) is 19.8. The average molecular weight is 394 g/mol. The third-order valence-corrected chi connectivity index (χ3v) is 5.13. The molecule has 1 heterocycles. The Labute approximate surface area is 167 Å². The quantitative estimate of drug-likeness (QED) is 0.606. The molecule has 1 N–H and O–H groups in total. The summed E-state index contributed by atoms with van der Waals surface area (Å²) in [5, 5.41) is 11.3. The SMILES string of the molecule is Cc1ccc(C2=C(O)C(=O)N(c3ccc(Cl)cc3)[C@H]2c2ccccc2F)cc1. The fraction of sp³-hybridized carbons (Fsp3) is 0.0870. The molecular weight excluding hydrogens is 377 g/mol. The first-order chi connectivity index (χ1) is 13.5. The van der Waals surface area contributed by atoms with Crippen molar-refractivity contribution in [2.45, 2.75) is 13.0 Å². The van der Waals surface area contributed by atoms with Crippen LogP contribution in [-0.2, 0) is 4.79 Å². The maximum Gasteiger partial charge on any atom is 0.294 e. The summed E-state index contributed by atoms with van der Waals surface area (Å²) in [6.07, 6.45) is 0. The van der Waals surface area contributed by atoms with Crippen LogP contribution in [0.5, 0.6) is 0 Å². The molecule has 3 nitrogen and oxygen atoms in total. The normalized spacial score (nSPS) is 16.8. The molecule has 0 fully saturated rings. The van der Waals surface area contributed by atoms with Crippen molar-refractivity contribution in [3.63, 3.8) is 0 Å². The number of amides is 1. The predicted octanol–water partition coefficient (Wildman–Crippen LogP) is 5.84. The molecule has 1 aliphatic rings. The summed E-state index contributed by atoms with van der Waals surface area (Å²) in [6.45, 7) is 1.95. The lowest BCUT2D eigenvalue weighted by Crippen LogP contribution is -2.30. The second-order valence-corrected chi connectivity index (χ2v) is 7.14. The van der Waals surface area contributed by atoms with E-state index in [1.54, 1.807) is 42.5 Å². The van der Waals surface area contributed by atoms with Crippen LogP contribution in [0.2, 0.25) is 5.02 Å². The molecule has 5 heteroatoms. The van der Waals surface area contributed by atoms with Gasteiger partial charge in [0.1, 0.15) is 5.82 Å². The number of anilines is 1. The van der Waals surface area contributed by atoms with E-state index >= 15 is 0 Å². The number of hydrogen-bond acceptors (Lipinski definition) is 2. The summed E-state index contributed by atoms with van der Waals surface area (Å²) < 4.78 is 14.7. The molecule has 1 amide bonds. The second kappa shape index (κ2) is 7.13. The highest BCUT2D eigenvalue weighted by molar-refractivity contribution is 6.30. The van der Waals surface area contributed by atoms with Crippen molar-refractivity contribution in [1.29, 1.82) is 0 Å². The van der Waals surface area contributed by atoms with Gasteiger partial charge in [-0.2, -0.15) is 0 Å². The summed E-state index contributed by atoms with van der Waals surface area (Å²) in [6, 6.07) is 19.6. The van der Waals surface area contributed by atoms with Gasteiger partial charge in [0.2, 0.25) is 0 Å². The molecule has 3 aromatic rings. The monoisotopic (exact) mass is 393 g/mol. The van der Waals surface area contributed by atoms with Crippen molar-refractivity contribution >= 4 is 28.8 Å². The minimum absolute atomic E-state index is 0.311. The van der Waals surface area contributed by atoms with Crippen LogP contribution in [0.4, 0.5) is 10.1 Å². The van der Waals surface area contributed by atoms with Crippen LogP contribution in [0.15, 0.2) is 78.6 Å². The summed E-state index contributed by atoms with van der Waals surface area (Å²) >= 11 is 5.98. The van der Waals surface area contributed by atoms with Gasteiger partial charge in [-0.15, -0.1) is 0 Å². The van der Waals surface area contributed by atoms with Crippen LogP contribution in [0, 0.1) is 12.7 Å². The van der Waals surface area contributed by atoms with Gasteiger partial charge in [0.15, 0.2) is 5.76 Å². The third kappa shape index (κ3) is 3.06. The number of nitrogens with zero attached hydrogens (tertiary/aromatic N) is 1. The largest absolute Gasteiger partial charge is 0.503 e. The molecule has 0 radical (unpaired) electrons. The Hall–Kier alpha value is -3.11. The minimum Gasteiger partial charge on any atom is -0.503 e. The number of benzene rings is 3. The maximum absolute atomic E-state index is 14.7. The number of carbonyl (C=O) groups excluding carboxylic acids is 1. The molecule has 0 aliphatic carbocycles. The molecule has 0 saturated heterocycles. The van der Waals surface area contributed by atoms with E-state index in [2.05, 4.69) is 0 Å². The number of hydrogen-bond donors (Lipinski definition) is 1. The number of aliphatic hydroxyl groups excluding tert-OH is 1. The molecule has 3 aromatic carbocycles. The highest BCUT2D eigenvalue weighted by atomic mass is 35.5. The van der Waals surface area contributed by atoms with E-state index in [1.165, 1.54) is 11.0 Å². The van der Waals surface area contributed by atoms with E-state index in [9.17, 15) is 14.3 Å². The summed E-state index contributed by atoms with van der Waals surface area (Å²) in [4.78, 5) is 14.4. The van der Waals surface area contributed by atoms with Crippen LogP contribution in [-0.4, -0.2) is 11.0 Å². The first-order valence-electron chi connectivity index (χ1n) is 8.81. The highest BCUT2D eigenvalue weighted by Crippen LogP contribution is 2.46. The van der Waals surface area contributed by atoms with E-state index in [1.807, 2.05) is 31.2 Å². The first kappa shape index (κ1) is 18.3. The third-order valence-electron chi connectivity index (χ3n) is 4.88. The van der Waals surface area contributed by atoms with Gasteiger partial charge in [-0.05, 0) is 42.8 Å². The van der Waals surface area contributed by atoms with Gasteiger partial charge in [-0.1, -0.05) is 59.6 Å². The zero-order valence-electron chi connectivity index (χ0n) is 15.1. The first-order valence-corrected chi connectivity index (χ1v) is 9.19. The van der Waals surface area contributed by atoms with Crippen LogP contribution >= 0.6 is 11.6 Å². The van der Waals surface area contributed by atoms with E-state index < -0.39 is 17.8 Å². The van der Waals surface area contributed by atoms with Crippen molar-refractivity contribution in [2.24, 2.45) is 0 Å². The average Bonchev–Trinajstić information content (AvgIpc) is 2.95. The molecule has 4 rings (SSSR count). The number of aryl methyl sites for hydroxylation is 1. The molecule has 0 aromatic heterocycles. The zero-order valence-corrected chi connectivity index (χ0v) is 15.8. The van der Waals surface area contributed by atoms with Gasteiger partial charge >= 0.3 is 0 Å². The molecule has 0 unspecified atom stereocenters. The standard InChI is InChI=1S/C23H17ClFNO2/c1-14-6-8-15(9-7-14)20-21(18-4-2-3-5-19(18)25)26(23(28)22(20)27)17-12-10-16(24)11-13-17/h2-13,21,27H,1H3/t21-/m0/s1. The van der Waals surface area contributed by atoms with Crippen molar-refractivity contribution in [2.75, 3.05) is 4.90 Å². The lowest BCUT2D eigenvalue weighted by Gasteiger charge is -2.27. The van der Waals surface area contributed by atoms with Gasteiger partial charge < -0.3 is 5.11 Å². The molecule has 28 heavy (non-hydrogen) atoms. The van der Waals surface area contributed by atoms with Gasteiger partial charge in [0.25, 0.3) is 5.91 Å². The van der Waals surface area contributed by atoms with Gasteiger partial charge in [-0.3, -0.25) is 9.69 Å². The smallest absolute Gasteiger partial charge is 0.294 e. The Kier molecular flexibility index (Phi) is 4.65. The van der Waals surface area contributed by atoms with Crippen molar-refractivity contribution < 1.29 is 14.3 Å². The molecular formula is C23H17ClFNO2. The van der Waals surface area contributed by atoms with Gasteiger partial charge in [0, 0.05) is 21.8 Å². The van der Waals surface area contributed by atoms with Crippen molar-refractivity contribution in [3.8, 4) is 0 Å². The van der Waals surface area contributed by atoms with Crippen LogP contribution in [0.1, 0.15) is 22.7 Å². The molecule has 0 bridgehead atoms. The summed E-state index contributed by atoms with van der Waals surface area (Å²) in [7, 11) is 0. The molecule has 140 valence electrons. The fourth-order valence-electron chi connectivity index (χ4n) is 3.49. The number of carbonyl (C=O) groups is 1. The number of halogens is 2. The topological polar surface area (TPSA) is 40.5 Å². The van der Waals surface area contributed by atoms with Crippen LogP contribution in [0.3, 0.4) is 0 Å². The molecule has 0 spiro atoms. The fourth-order valence-corrected chi connectivity index (χ4v) is 3.62. The van der Waals surface area contributed by atoms with Crippen LogP contribution < -0.4 is 4.90 Å². The van der Waals surface area contributed by atoms with E-state index in [-0.39, 0.29) is 5.76 Å². The Bertz CT molecular complexity index is 1070. The highest BCUT2D eigenvalue weighted by Gasteiger charge is 2.42. The Morgan fingerprint density at radius 2 is 1.61 bits per heavy atom. The second-order valence-electron chi connectivity index (χ2n) is 6.70. The summed E-state index contributed by atoms with van der Waals surface area (Å²) in [5.41, 5.74) is 2.93. The van der Waals surface area contributed by atoms with E-state index in [4.69, 9.17) is 11.6 Å². The van der Waals surface area contributed by atoms with Gasteiger partial charge in [-0.25, -0.2) is 4.39 Å². The van der Waals surface area contributed by atoms with Crippen molar-refractivity contribution in [3.05, 3.63) is 106 Å². The molecule has 0 saturated carbocycles. The Balaban J connectivity index is 1.93. The predicted molar refractivity (Wildman–Crippen MR) is 109 cm³/mol. The lowest BCUT2D eigenvalue weighted by atomic mass is 9.92. The number of rotatable bonds is 3. The van der Waals surface area contributed by atoms with Crippen LogP contribution in [0.25, 0.3) is 5.57 Å². The van der Waals surface area contributed by atoms with Crippen molar-refractivity contribution in [1.82, 2.24) is 0 Å². The lowest BCUT2D eigenvalue weighted by molar-refractivity contribution is -0.117. The Morgan fingerprint density at radius 3 is 2.25 bits per heavy atom. The maximum atomic E-state index is 14.7. The van der Waals surface area contributed by atoms with Gasteiger partial charge in [0.05, 0.1) is 6.04 Å². The Morgan fingerprint density at radius 1 is 0.964 bits per heavy atom. The molecule has 1 aliphatic heterocycles.